The minimum Gasteiger partial charge on any atom is -0.320 e. The predicted molar refractivity (Wildman–Crippen MR) is 87.7 cm³/mol. The lowest BCUT2D eigenvalue weighted by Gasteiger charge is -2.37. The molecular formula is C17H19ClN2O. The van der Waals surface area contributed by atoms with Gasteiger partial charge >= 0.3 is 0 Å². The summed E-state index contributed by atoms with van der Waals surface area (Å²) in [6.07, 6.45) is 0.618. The zero-order chi connectivity index (χ0) is 14.1. The van der Waals surface area contributed by atoms with Crippen molar-refractivity contribution < 1.29 is 4.79 Å². The molecule has 21 heavy (non-hydrogen) atoms. The molecule has 2 aromatic rings. The Hall–Kier alpha value is -1.84. The Balaban J connectivity index is 0.00000161. The molecule has 0 saturated carbocycles. The van der Waals surface area contributed by atoms with Gasteiger partial charge in [-0.2, -0.15) is 0 Å². The van der Waals surface area contributed by atoms with E-state index in [1.165, 1.54) is 0 Å². The van der Waals surface area contributed by atoms with Gasteiger partial charge in [0.15, 0.2) is 0 Å². The zero-order valence-corrected chi connectivity index (χ0v) is 12.7. The first kappa shape index (κ1) is 15.5. The predicted octanol–water partition coefficient (Wildman–Crippen LogP) is 3.09. The molecule has 3 nitrogen and oxygen atoms in total. The maximum absolute atomic E-state index is 12.5. The number of halogens is 1. The number of nitrogens with zero attached hydrogens (tertiary/aromatic N) is 1. The van der Waals surface area contributed by atoms with E-state index >= 15 is 0 Å². The van der Waals surface area contributed by atoms with Crippen LogP contribution < -0.4 is 10.6 Å². The lowest BCUT2D eigenvalue weighted by Crippen LogP contribution is -2.49. The van der Waals surface area contributed by atoms with Gasteiger partial charge in [0.25, 0.3) is 0 Å². The SMILES string of the molecule is C[C@@H](c1ccccc1)N1C(=O)[C@H](N)Cc2ccccc21.Cl. The first-order chi connectivity index (χ1) is 9.68. The van der Waals surface area contributed by atoms with Gasteiger partial charge < -0.3 is 10.6 Å². The number of benzene rings is 2. The Kier molecular flexibility index (Phi) is 4.66. The summed E-state index contributed by atoms with van der Waals surface area (Å²) >= 11 is 0. The first-order valence-electron chi connectivity index (χ1n) is 6.90. The molecule has 0 aromatic heterocycles. The van der Waals surface area contributed by atoms with E-state index in [2.05, 4.69) is 0 Å². The molecule has 1 amide bonds. The van der Waals surface area contributed by atoms with E-state index < -0.39 is 6.04 Å². The van der Waals surface area contributed by atoms with Gasteiger partial charge in [0.1, 0.15) is 0 Å². The minimum atomic E-state index is -0.448. The second-order valence-corrected chi connectivity index (χ2v) is 5.23. The Bertz CT molecular complexity index is 630. The third-order valence-electron chi connectivity index (χ3n) is 3.91. The van der Waals surface area contributed by atoms with Crippen molar-refractivity contribution in [2.45, 2.75) is 25.4 Å². The molecule has 2 N–H and O–H groups in total. The van der Waals surface area contributed by atoms with Crippen molar-refractivity contribution >= 4 is 24.0 Å². The van der Waals surface area contributed by atoms with Crippen LogP contribution in [0.15, 0.2) is 54.6 Å². The molecule has 1 aliphatic rings. The van der Waals surface area contributed by atoms with Crippen molar-refractivity contribution in [2.24, 2.45) is 5.73 Å². The van der Waals surface area contributed by atoms with Gasteiger partial charge in [0.05, 0.1) is 12.1 Å². The van der Waals surface area contributed by atoms with Crippen molar-refractivity contribution in [3.05, 3.63) is 65.7 Å². The molecule has 4 heteroatoms. The van der Waals surface area contributed by atoms with Gasteiger partial charge in [-0.25, -0.2) is 0 Å². The molecule has 0 saturated heterocycles. The molecule has 0 bridgehead atoms. The number of hydrogen-bond acceptors (Lipinski definition) is 2. The summed E-state index contributed by atoms with van der Waals surface area (Å²) in [5.74, 6) is 0.0000491. The Labute approximate surface area is 131 Å². The van der Waals surface area contributed by atoms with E-state index in [1.54, 1.807) is 0 Å². The van der Waals surface area contributed by atoms with Gasteiger partial charge in [0, 0.05) is 5.69 Å². The summed E-state index contributed by atoms with van der Waals surface area (Å²) < 4.78 is 0. The molecule has 0 spiro atoms. The minimum absolute atomic E-state index is 0. The lowest BCUT2D eigenvalue weighted by molar-refractivity contribution is -0.120. The molecule has 110 valence electrons. The van der Waals surface area contributed by atoms with E-state index in [0.717, 1.165) is 16.8 Å². The Morgan fingerprint density at radius 2 is 1.71 bits per heavy atom. The van der Waals surface area contributed by atoms with Crippen LogP contribution in [0, 0.1) is 0 Å². The molecule has 0 aliphatic carbocycles. The van der Waals surface area contributed by atoms with Crippen LogP contribution in [0.1, 0.15) is 24.1 Å². The van der Waals surface area contributed by atoms with Crippen LogP contribution in [0.25, 0.3) is 0 Å². The van der Waals surface area contributed by atoms with E-state index in [4.69, 9.17) is 5.73 Å². The molecule has 1 heterocycles. The zero-order valence-electron chi connectivity index (χ0n) is 11.9. The average molecular weight is 303 g/mol. The van der Waals surface area contributed by atoms with E-state index in [1.807, 2.05) is 66.4 Å². The normalized spacial score (nSPS) is 18.7. The van der Waals surface area contributed by atoms with Gasteiger partial charge in [0.2, 0.25) is 5.91 Å². The topological polar surface area (TPSA) is 46.3 Å². The maximum Gasteiger partial charge on any atom is 0.244 e. The second kappa shape index (κ2) is 6.29. The summed E-state index contributed by atoms with van der Waals surface area (Å²) in [6.45, 7) is 2.04. The first-order valence-corrected chi connectivity index (χ1v) is 6.90. The van der Waals surface area contributed by atoms with Gasteiger partial charge in [-0.15, -0.1) is 12.4 Å². The van der Waals surface area contributed by atoms with Crippen LogP contribution >= 0.6 is 12.4 Å². The number of nitrogens with two attached hydrogens (primary N) is 1. The molecule has 0 radical (unpaired) electrons. The van der Waals surface area contributed by atoms with Gasteiger partial charge in [-0.05, 0) is 30.5 Å². The van der Waals surface area contributed by atoms with Crippen molar-refractivity contribution in [3.63, 3.8) is 0 Å². The van der Waals surface area contributed by atoms with E-state index in [-0.39, 0.29) is 24.4 Å². The Morgan fingerprint density at radius 3 is 2.43 bits per heavy atom. The number of hydrogen-bond donors (Lipinski definition) is 1. The van der Waals surface area contributed by atoms with E-state index in [0.29, 0.717) is 6.42 Å². The van der Waals surface area contributed by atoms with Crippen LogP contribution in [-0.4, -0.2) is 11.9 Å². The summed E-state index contributed by atoms with van der Waals surface area (Å²) in [5.41, 5.74) is 9.25. The number of fused-ring (bicyclic) bond motifs is 1. The molecule has 0 fully saturated rings. The van der Waals surface area contributed by atoms with Crippen molar-refractivity contribution in [3.8, 4) is 0 Å². The van der Waals surface area contributed by atoms with E-state index in [9.17, 15) is 4.79 Å². The van der Waals surface area contributed by atoms with Gasteiger partial charge in [-0.1, -0.05) is 48.5 Å². The molecular weight excluding hydrogens is 284 g/mol. The molecule has 0 unspecified atom stereocenters. The average Bonchev–Trinajstić information content (AvgIpc) is 2.49. The Morgan fingerprint density at radius 1 is 1.10 bits per heavy atom. The van der Waals surface area contributed by atoms with Crippen LogP contribution in [0.3, 0.4) is 0 Å². The fraction of sp³-hybridized carbons (Fsp3) is 0.235. The van der Waals surface area contributed by atoms with Gasteiger partial charge in [-0.3, -0.25) is 4.79 Å². The molecule has 1 aliphatic heterocycles. The van der Waals surface area contributed by atoms with Crippen LogP contribution in [0.4, 0.5) is 5.69 Å². The van der Waals surface area contributed by atoms with Crippen LogP contribution in [0.2, 0.25) is 0 Å². The second-order valence-electron chi connectivity index (χ2n) is 5.23. The highest BCUT2D eigenvalue weighted by molar-refractivity contribution is 6.00. The summed E-state index contributed by atoms with van der Waals surface area (Å²) in [4.78, 5) is 14.3. The number of amides is 1. The number of carbonyl (C=O) groups is 1. The smallest absolute Gasteiger partial charge is 0.244 e. The van der Waals surface area contributed by atoms with Crippen molar-refractivity contribution in [1.82, 2.24) is 0 Å². The quantitative estimate of drug-likeness (QED) is 0.926. The summed E-state index contributed by atoms with van der Waals surface area (Å²) in [7, 11) is 0. The standard InChI is InChI=1S/C17H18N2O.ClH/c1-12(13-7-3-2-4-8-13)19-16-10-6-5-9-14(16)11-15(18)17(19)20;/h2-10,12,15H,11,18H2,1H3;1H/t12-,15+;/m0./s1. The molecule has 2 aromatic carbocycles. The number of para-hydroxylation sites is 1. The summed E-state index contributed by atoms with van der Waals surface area (Å²) in [6, 6.07) is 17.6. The molecule has 3 rings (SSSR count). The molecule has 2 atom stereocenters. The van der Waals surface area contributed by atoms with Crippen molar-refractivity contribution in [1.29, 1.82) is 0 Å². The van der Waals surface area contributed by atoms with Crippen LogP contribution in [0.5, 0.6) is 0 Å². The maximum atomic E-state index is 12.5. The number of rotatable bonds is 2. The van der Waals surface area contributed by atoms with Crippen LogP contribution in [-0.2, 0) is 11.2 Å². The van der Waals surface area contributed by atoms with Crippen molar-refractivity contribution in [2.75, 3.05) is 4.90 Å². The summed E-state index contributed by atoms with van der Waals surface area (Å²) in [5, 5.41) is 0. The monoisotopic (exact) mass is 302 g/mol. The third kappa shape index (κ3) is 2.80. The lowest BCUT2D eigenvalue weighted by atomic mass is 9.94. The fourth-order valence-corrected chi connectivity index (χ4v) is 2.82. The highest BCUT2D eigenvalue weighted by Crippen LogP contribution is 2.34. The number of anilines is 1. The highest BCUT2D eigenvalue weighted by Gasteiger charge is 2.33. The largest absolute Gasteiger partial charge is 0.320 e. The number of carbonyl (C=O) groups excluding carboxylic acids is 1. The highest BCUT2D eigenvalue weighted by atomic mass is 35.5. The fourth-order valence-electron chi connectivity index (χ4n) is 2.82. The third-order valence-corrected chi connectivity index (χ3v) is 3.91.